The minimum atomic E-state index is -0.00962. The molecule has 0 aliphatic carbocycles. The first-order valence-electron chi connectivity index (χ1n) is 7.18. The zero-order valence-corrected chi connectivity index (χ0v) is 13.8. The van der Waals surface area contributed by atoms with Crippen molar-refractivity contribution in [2.24, 2.45) is 5.92 Å². The molecular formula is C16H18ClN5O. The topological polar surface area (TPSA) is 111 Å². The Morgan fingerprint density at radius 2 is 2.04 bits per heavy atom. The second kappa shape index (κ2) is 7.16. The van der Waals surface area contributed by atoms with Crippen LogP contribution in [0.1, 0.15) is 25.8 Å². The molecule has 1 heterocycles. The van der Waals surface area contributed by atoms with Crippen molar-refractivity contribution in [2.75, 3.05) is 18.1 Å². The summed E-state index contributed by atoms with van der Waals surface area (Å²) in [4.78, 5) is 7.96. The highest BCUT2D eigenvalue weighted by atomic mass is 35.5. The van der Waals surface area contributed by atoms with E-state index in [1.165, 1.54) is 0 Å². The lowest BCUT2D eigenvalue weighted by atomic mass is 10.1. The molecule has 0 amide bonds. The summed E-state index contributed by atoms with van der Waals surface area (Å²) in [5.74, 6) is 1.11. The maximum atomic E-state index is 9.34. The molecule has 0 aliphatic heterocycles. The summed E-state index contributed by atoms with van der Waals surface area (Å²) in [6.45, 7) is 4.78. The summed E-state index contributed by atoms with van der Waals surface area (Å²) in [5, 5.41) is 9.83. The Labute approximate surface area is 140 Å². The maximum absolute atomic E-state index is 9.34. The first kappa shape index (κ1) is 16.8. The fourth-order valence-corrected chi connectivity index (χ4v) is 2.19. The molecule has 7 heteroatoms. The lowest BCUT2D eigenvalue weighted by molar-refractivity contribution is 0.290. The summed E-state index contributed by atoms with van der Waals surface area (Å²) in [6.07, 6.45) is 0.904. The first-order chi connectivity index (χ1) is 10.9. The van der Waals surface area contributed by atoms with Crippen LogP contribution in [0.15, 0.2) is 18.2 Å². The van der Waals surface area contributed by atoms with Gasteiger partial charge in [0.2, 0.25) is 5.95 Å². The summed E-state index contributed by atoms with van der Waals surface area (Å²) in [5.41, 5.74) is 12.5. The van der Waals surface area contributed by atoms with Gasteiger partial charge in [-0.2, -0.15) is 10.2 Å². The molecule has 0 unspecified atom stereocenters. The number of hydrogen-bond donors (Lipinski definition) is 2. The predicted octanol–water partition coefficient (Wildman–Crippen LogP) is 3.26. The Morgan fingerprint density at radius 1 is 1.30 bits per heavy atom. The Hall–Kier alpha value is -2.52. The van der Waals surface area contributed by atoms with E-state index in [2.05, 4.69) is 23.8 Å². The molecule has 0 saturated heterocycles. The van der Waals surface area contributed by atoms with E-state index in [1.807, 2.05) is 6.07 Å². The van der Waals surface area contributed by atoms with Gasteiger partial charge in [-0.3, -0.25) is 0 Å². The third-order valence-electron chi connectivity index (χ3n) is 3.22. The number of nitrogens with zero attached hydrogens (tertiary/aromatic N) is 3. The van der Waals surface area contributed by atoms with Gasteiger partial charge in [0.1, 0.15) is 23.2 Å². The maximum Gasteiger partial charge on any atom is 0.222 e. The van der Waals surface area contributed by atoms with Crippen molar-refractivity contribution in [1.29, 1.82) is 5.26 Å². The average Bonchev–Trinajstić information content (AvgIpc) is 2.47. The van der Waals surface area contributed by atoms with Gasteiger partial charge >= 0.3 is 0 Å². The molecule has 0 bridgehead atoms. The van der Waals surface area contributed by atoms with Crippen molar-refractivity contribution in [3.8, 4) is 23.1 Å². The fraction of sp³-hybridized carbons (Fsp3) is 0.312. The molecule has 0 atom stereocenters. The highest BCUT2D eigenvalue weighted by Gasteiger charge is 2.17. The lowest BCUT2D eigenvalue weighted by Crippen LogP contribution is -2.07. The van der Waals surface area contributed by atoms with E-state index in [9.17, 15) is 5.26 Å². The predicted molar refractivity (Wildman–Crippen MR) is 91.0 cm³/mol. The van der Waals surface area contributed by atoms with Gasteiger partial charge in [-0.15, -0.1) is 0 Å². The van der Waals surface area contributed by atoms with Crippen LogP contribution in [-0.2, 0) is 0 Å². The number of nitrogens with two attached hydrogens (primary N) is 2. The van der Waals surface area contributed by atoms with Crippen molar-refractivity contribution in [3.63, 3.8) is 0 Å². The number of nitrogen functional groups attached to an aromatic ring is 2. The molecule has 23 heavy (non-hydrogen) atoms. The van der Waals surface area contributed by atoms with Crippen LogP contribution >= 0.6 is 11.6 Å². The zero-order chi connectivity index (χ0) is 17.0. The van der Waals surface area contributed by atoms with Gasteiger partial charge in [0, 0.05) is 10.6 Å². The van der Waals surface area contributed by atoms with Crippen LogP contribution in [0.2, 0.25) is 5.02 Å². The standard InChI is InChI=1S/C16H18ClN5O/c1-9(2)5-6-23-13-4-3-10(17)7-11(13)14-12(8-18)15(19)22-16(20)21-14/h3-4,7,9H,5-6H2,1-2H3,(H4,19,20,21,22). The highest BCUT2D eigenvalue weighted by molar-refractivity contribution is 6.31. The Morgan fingerprint density at radius 3 is 2.70 bits per heavy atom. The fourth-order valence-electron chi connectivity index (χ4n) is 2.02. The molecule has 0 radical (unpaired) electrons. The summed E-state index contributed by atoms with van der Waals surface area (Å²) in [7, 11) is 0. The number of halogens is 1. The smallest absolute Gasteiger partial charge is 0.222 e. The van der Waals surface area contributed by atoms with Crippen molar-refractivity contribution in [2.45, 2.75) is 20.3 Å². The van der Waals surface area contributed by atoms with E-state index in [1.54, 1.807) is 18.2 Å². The third kappa shape index (κ3) is 4.02. The van der Waals surface area contributed by atoms with Crippen LogP contribution in [0.3, 0.4) is 0 Å². The number of benzene rings is 1. The van der Waals surface area contributed by atoms with E-state index in [0.29, 0.717) is 34.6 Å². The molecule has 1 aromatic carbocycles. The number of hydrogen-bond acceptors (Lipinski definition) is 6. The van der Waals surface area contributed by atoms with E-state index >= 15 is 0 Å². The van der Waals surface area contributed by atoms with Crippen molar-refractivity contribution < 1.29 is 4.74 Å². The molecule has 0 aliphatic rings. The van der Waals surface area contributed by atoms with Crippen LogP contribution in [0.5, 0.6) is 5.75 Å². The SMILES string of the molecule is CC(C)CCOc1ccc(Cl)cc1-c1nc(N)nc(N)c1C#N. The quantitative estimate of drug-likeness (QED) is 0.869. The summed E-state index contributed by atoms with van der Waals surface area (Å²) >= 11 is 6.08. The molecule has 0 fully saturated rings. The Kier molecular flexibility index (Phi) is 5.24. The Bertz CT molecular complexity index is 755. The minimum Gasteiger partial charge on any atom is -0.493 e. The van der Waals surface area contributed by atoms with E-state index in [4.69, 9.17) is 27.8 Å². The first-order valence-corrected chi connectivity index (χ1v) is 7.56. The van der Waals surface area contributed by atoms with E-state index < -0.39 is 0 Å². The average molecular weight is 332 g/mol. The van der Waals surface area contributed by atoms with Crippen LogP contribution in [0, 0.1) is 17.2 Å². The number of nitriles is 1. The number of ether oxygens (including phenoxy) is 1. The van der Waals surface area contributed by atoms with Gasteiger partial charge in [0.05, 0.1) is 12.3 Å². The minimum absolute atomic E-state index is 0.00962. The molecule has 2 rings (SSSR count). The van der Waals surface area contributed by atoms with Gasteiger partial charge in [-0.1, -0.05) is 25.4 Å². The van der Waals surface area contributed by atoms with Crippen LogP contribution in [-0.4, -0.2) is 16.6 Å². The second-order valence-electron chi connectivity index (χ2n) is 5.47. The van der Waals surface area contributed by atoms with Crippen molar-refractivity contribution in [3.05, 3.63) is 28.8 Å². The van der Waals surface area contributed by atoms with E-state index in [0.717, 1.165) is 6.42 Å². The summed E-state index contributed by atoms with van der Waals surface area (Å²) in [6, 6.07) is 7.14. The van der Waals surface area contributed by atoms with E-state index in [-0.39, 0.29) is 17.3 Å². The molecule has 0 spiro atoms. The second-order valence-corrected chi connectivity index (χ2v) is 5.91. The number of aromatic nitrogens is 2. The van der Waals surface area contributed by atoms with Crippen LogP contribution in [0.4, 0.5) is 11.8 Å². The largest absolute Gasteiger partial charge is 0.493 e. The van der Waals surface area contributed by atoms with Gasteiger partial charge in [0.15, 0.2) is 0 Å². The lowest BCUT2D eigenvalue weighted by Gasteiger charge is -2.14. The number of anilines is 2. The zero-order valence-electron chi connectivity index (χ0n) is 13.0. The molecule has 4 N–H and O–H groups in total. The normalized spacial score (nSPS) is 10.6. The summed E-state index contributed by atoms with van der Waals surface area (Å²) < 4.78 is 5.83. The van der Waals surface area contributed by atoms with Gasteiger partial charge in [-0.25, -0.2) is 4.98 Å². The monoisotopic (exact) mass is 331 g/mol. The molecule has 6 nitrogen and oxygen atoms in total. The molecule has 0 saturated carbocycles. The molecule has 2 aromatic rings. The third-order valence-corrected chi connectivity index (χ3v) is 3.45. The van der Waals surface area contributed by atoms with Gasteiger partial charge in [0.25, 0.3) is 0 Å². The molecule has 1 aromatic heterocycles. The van der Waals surface area contributed by atoms with Crippen molar-refractivity contribution >= 4 is 23.4 Å². The highest BCUT2D eigenvalue weighted by Crippen LogP contribution is 2.35. The van der Waals surface area contributed by atoms with Crippen LogP contribution < -0.4 is 16.2 Å². The molecule has 120 valence electrons. The van der Waals surface area contributed by atoms with Crippen LogP contribution in [0.25, 0.3) is 11.3 Å². The Balaban J connectivity index is 2.50. The van der Waals surface area contributed by atoms with Crippen molar-refractivity contribution in [1.82, 2.24) is 9.97 Å². The van der Waals surface area contributed by atoms with Gasteiger partial charge < -0.3 is 16.2 Å². The molecular weight excluding hydrogens is 314 g/mol. The number of rotatable bonds is 5. The van der Waals surface area contributed by atoms with Gasteiger partial charge in [-0.05, 0) is 30.5 Å².